The van der Waals surface area contributed by atoms with E-state index in [2.05, 4.69) is 20.1 Å². The second-order valence-corrected chi connectivity index (χ2v) is 7.24. The van der Waals surface area contributed by atoms with Crippen LogP contribution < -0.4 is 0 Å². The number of hydrogen-bond acceptors (Lipinski definition) is 7. The second kappa shape index (κ2) is 7.74. The summed E-state index contributed by atoms with van der Waals surface area (Å²) < 4.78 is 5.37. The highest BCUT2D eigenvalue weighted by atomic mass is 32.1. The van der Waals surface area contributed by atoms with E-state index in [1.54, 1.807) is 29.9 Å². The van der Waals surface area contributed by atoms with Crippen LogP contribution in [-0.2, 0) is 17.6 Å². The number of rotatable bonds is 5. The first-order valence-corrected chi connectivity index (χ1v) is 9.60. The molecule has 0 bridgehead atoms. The summed E-state index contributed by atoms with van der Waals surface area (Å²) in [5, 5.41) is 8.03. The lowest BCUT2D eigenvalue weighted by Crippen LogP contribution is -2.41. The minimum atomic E-state index is 0.193. The molecule has 0 unspecified atom stereocenters. The van der Waals surface area contributed by atoms with E-state index in [0.29, 0.717) is 36.2 Å². The van der Waals surface area contributed by atoms with Crippen LogP contribution in [0.3, 0.4) is 0 Å². The predicted molar refractivity (Wildman–Crippen MR) is 96.4 cm³/mol. The zero-order valence-corrected chi connectivity index (χ0v) is 15.1. The predicted octanol–water partition coefficient (Wildman–Crippen LogP) is 2.61. The van der Waals surface area contributed by atoms with Gasteiger partial charge >= 0.3 is 0 Å². The number of amides is 1. The van der Waals surface area contributed by atoms with Crippen molar-refractivity contribution in [2.75, 3.05) is 13.1 Å². The molecule has 1 atom stereocenters. The lowest BCUT2D eigenvalue weighted by molar-refractivity contribution is -0.132. The molecule has 7 nitrogen and oxygen atoms in total. The molecule has 0 N–H and O–H groups in total. The Labute approximate surface area is 155 Å². The normalized spacial score (nSPS) is 17.4. The van der Waals surface area contributed by atoms with Crippen molar-refractivity contribution in [3.63, 3.8) is 0 Å². The van der Waals surface area contributed by atoms with Gasteiger partial charge in [0, 0.05) is 31.9 Å². The summed E-state index contributed by atoms with van der Waals surface area (Å²) in [6.07, 6.45) is 8.04. The first-order chi connectivity index (χ1) is 12.8. The number of nitrogens with zero attached hydrogens (tertiary/aromatic N) is 5. The van der Waals surface area contributed by atoms with Gasteiger partial charge in [-0.3, -0.25) is 9.78 Å². The lowest BCUT2D eigenvalue weighted by atomic mass is 9.94. The van der Waals surface area contributed by atoms with Gasteiger partial charge in [-0.05, 0) is 41.1 Å². The van der Waals surface area contributed by atoms with Crippen LogP contribution in [0.15, 0.2) is 39.9 Å². The van der Waals surface area contributed by atoms with Crippen LogP contribution >= 0.6 is 11.3 Å². The van der Waals surface area contributed by atoms with Gasteiger partial charge in [0.2, 0.25) is 17.6 Å². The number of likely N-dealkylation sites (tertiary alicyclic amines) is 1. The Hall–Kier alpha value is -2.61. The molecule has 0 aromatic carbocycles. The van der Waals surface area contributed by atoms with Crippen LogP contribution in [0.25, 0.3) is 11.5 Å². The van der Waals surface area contributed by atoms with Crippen molar-refractivity contribution in [2.24, 2.45) is 5.92 Å². The maximum atomic E-state index is 12.5. The number of hydrogen-bond donors (Lipinski definition) is 0. The van der Waals surface area contributed by atoms with Gasteiger partial charge in [-0.25, -0.2) is 4.98 Å². The summed E-state index contributed by atoms with van der Waals surface area (Å²) >= 11 is 1.62. The summed E-state index contributed by atoms with van der Waals surface area (Å²) in [5.41, 5.74) is 1.69. The summed E-state index contributed by atoms with van der Waals surface area (Å²) in [4.78, 5) is 27.1. The molecule has 3 aromatic heterocycles. The minimum absolute atomic E-state index is 0.193. The largest absolute Gasteiger partial charge is 0.342 e. The van der Waals surface area contributed by atoms with Gasteiger partial charge < -0.3 is 9.42 Å². The van der Waals surface area contributed by atoms with Crippen LogP contribution in [0.2, 0.25) is 0 Å². The molecule has 3 aromatic rings. The molecule has 0 saturated carbocycles. The summed E-state index contributed by atoms with van der Waals surface area (Å²) in [5.74, 6) is 1.57. The number of carbonyl (C=O) groups is 1. The van der Waals surface area contributed by atoms with Gasteiger partial charge in [0.1, 0.15) is 5.69 Å². The summed E-state index contributed by atoms with van der Waals surface area (Å²) in [6.45, 7) is 1.57. The maximum absolute atomic E-state index is 12.5. The van der Waals surface area contributed by atoms with Crippen LogP contribution in [-0.4, -0.2) is 44.0 Å². The Morgan fingerprint density at radius 2 is 2.35 bits per heavy atom. The first kappa shape index (κ1) is 16.8. The summed E-state index contributed by atoms with van der Waals surface area (Å²) in [6, 6.07) is 2.01. The van der Waals surface area contributed by atoms with Crippen LogP contribution in [0, 0.1) is 5.92 Å². The third-order valence-electron chi connectivity index (χ3n) is 4.53. The van der Waals surface area contributed by atoms with Gasteiger partial charge in [-0.1, -0.05) is 5.16 Å². The second-order valence-electron chi connectivity index (χ2n) is 6.46. The highest BCUT2D eigenvalue weighted by Gasteiger charge is 2.25. The van der Waals surface area contributed by atoms with Crippen molar-refractivity contribution in [1.82, 2.24) is 25.0 Å². The highest BCUT2D eigenvalue weighted by molar-refractivity contribution is 7.08. The standard InChI is InChI=1S/C18H19N5O2S/c24-17(9-14-3-7-26-12-14)23-6-1-2-13(11-23)8-16-21-18(22-25-16)15-10-19-4-5-20-15/h3-5,7,10,12-13H,1-2,6,8-9,11H2/t13-/m0/s1. The third-order valence-corrected chi connectivity index (χ3v) is 5.26. The zero-order chi connectivity index (χ0) is 17.8. The molecule has 8 heteroatoms. The molecule has 4 rings (SSSR count). The van der Waals surface area contributed by atoms with Crippen molar-refractivity contribution in [3.05, 3.63) is 46.9 Å². The molecule has 1 aliphatic heterocycles. The van der Waals surface area contributed by atoms with Gasteiger partial charge in [0.05, 0.1) is 12.6 Å². The lowest BCUT2D eigenvalue weighted by Gasteiger charge is -2.32. The van der Waals surface area contributed by atoms with E-state index in [9.17, 15) is 4.79 Å². The molecule has 1 fully saturated rings. The fourth-order valence-electron chi connectivity index (χ4n) is 3.24. The monoisotopic (exact) mass is 369 g/mol. The first-order valence-electron chi connectivity index (χ1n) is 8.66. The smallest absolute Gasteiger partial charge is 0.227 e. The van der Waals surface area contributed by atoms with Crippen molar-refractivity contribution in [2.45, 2.75) is 25.7 Å². The quantitative estimate of drug-likeness (QED) is 0.687. The molecule has 134 valence electrons. The van der Waals surface area contributed by atoms with Gasteiger partial charge in [0.25, 0.3) is 0 Å². The fourth-order valence-corrected chi connectivity index (χ4v) is 3.91. The average molecular weight is 369 g/mol. The Morgan fingerprint density at radius 3 is 3.15 bits per heavy atom. The number of thiophene rings is 1. The average Bonchev–Trinajstić information content (AvgIpc) is 3.35. The van der Waals surface area contributed by atoms with Gasteiger partial charge in [-0.2, -0.15) is 16.3 Å². The van der Waals surface area contributed by atoms with Crippen molar-refractivity contribution >= 4 is 17.2 Å². The number of aromatic nitrogens is 4. The highest BCUT2D eigenvalue weighted by Crippen LogP contribution is 2.22. The molecule has 26 heavy (non-hydrogen) atoms. The molecular weight excluding hydrogens is 350 g/mol. The van der Waals surface area contributed by atoms with E-state index >= 15 is 0 Å². The van der Waals surface area contributed by atoms with Gasteiger partial charge in [-0.15, -0.1) is 0 Å². The molecular formula is C18H19N5O2S. The third kappa shape index (κ3) is 3.96. The Balaban J connectivity index is 1.36. The fraction of sp³-hybridized carbons (Fsp3) is 0.389. The minimum Gasteiger partial charge on any atom is -0.342 e. The van der Waals surface area contributed by atoms with Crippen LogP contribution in [0.1, 0.15) is 24.3 Å². The topological polar surface area (TPSA) is 85.0 Å². The zero-order valence-electron chi connectivity index (χ0n) is 14.2. The Bertz CT molecular complexity index is 850. The number of piperidine rings is 1. The molecule has 0 aliphatic carbocycles. The van der Waals surface area contributed by atoms with Crippen LogP contribution in [0.5, 0.6) is 0 Å². The van der Waals surface area contributed by atoms with E-state index in [4.69, 9.17) is 4.52 Å². The molecule has 1 amide bonds. The van der Waals surface area contributed by atoms with E-state index in [-0.39, 0.29) is 5.91 Å². The van der Waals surface area contributed by atoms with E-state index < -0.39 is 0 Å². The molecule has 4 heterocycles. The molecule has 0 spiro atoms. The van der Waals surface area contributed by atoms with Crippen molar-refractivity contribution in [3.8, 4) is 11.5 Å². The van der Waals surface area contributed by atoms with E-state index in [1.807, 2.05) is 21.7 Å². The maximum Gasteiger partial charge on any atom is 0.227 e. The molecule has 1 saturated heterocycles. The summed E-state index contributed by atoms with van der Waals surface area (Å²) in [7, 11) is 0. The van der Waals surface area contributed by atoms with Gasteiger partial charge in [0.15, 0.2) is 0 Å². The number of carbonyl (C=O) groups excluding carboxylic acids is 1. The molecule has 1 aliphatic rings. The van der Waals surface area contributed by atoms with Crippen molar-refractivity contribution < 1.29 is 9.32 Å². The van der Waals surface area contributed by atoms with E-state index in [1.165, 1.54) is 0 Å². The SMILES string of the molecule is O=C(Cc1ccsc1)N1CCC[C@@H](Cc2nc(-c3cnccn3)no2)C1. The van der Waals surface area contributed by atoms with E-state index in [0.717, 1.165) is 31.5 Å². The van der Waals surface area contributed by atoms with Crippen molar-refractivity contribution in [1.29, 1.82) is 0 Å². The molecule has 0 radical (unpaired) electrons. The Kier molecular flexibility index (Phi) is 5.01. The Morgan fingerprint density at radius 1 is 1.38 bits per heavy atom. The van der Waals surface area contributed by atoms with Crippen LogP contribution in [0.4, 0.5) is 0 Å².